The van der Waals surface area contributed by atoms with Crippen LogP contribution in [0, 0.1) is 17.1 Å². The van der Waals surface area contributed by atoms with E-state index in [4.69, 9.17) is 0 Å². The van der Waals surface area contributed by atoms with Crippen LogP contribution < -0.4 is 5.32 Å². The molecule has 1 N–H and O–H groups in total. The van der Waals surface area contributed by atoms with E-state index < -0.39 is 5.82 Å². The Kier molecular flexibility index (Phi) is 4.12. The smallest absolute Gasteiger partial charge is 0.255 e. The first-order chi connectivity index (χ1) is 11.1. The minimum absolute atomic E-state index is 0.276. The normalized spacial score (nSPS) is 15.8. The predicted molar refractivity (Wildman–Crippen MR) is 86.6 cm³/mol. The molecule has 0 spiro atoms. The first kappa shape index (κ1) is 15.2. The number of halogens is 1. The molecule has 0 heterocycles. The Morgan fingerprint density at radius 3 is 2.43 bits per heavy atom. The highest BCUT2D eigenvalue weighted by molar-refractivity contribution is 6.04. The second kappa shape index (κ2) is 6.21. The van der Waals surface area contributed by atoms with Crippen LogP contribution in [0.2, 0.25) is 0 Å². The summed E-state index contributed by atoms with van der Waals surface area (Å²) >= 11 is 0. The number of amides is 1. The van der Waals surface area contributed by atoms with E-state index >= 15 is 0 Å². The van der Waals surface area contributed by atoms with Crippen molar-refractivity contribution >= 4 is 11.6 Å². The summed E-state index contributed by atoms with van der Waals surface area (Å²) in [4.78, 5) is 12.1. The summed E-state index contributed by atoms with van der Waals surface area (Å²) in [6.45, 7) is 0. The molecule has 1 aliphatic carbocycles. The largest absolute Gasteiger partial charge is 0.322 e. The lowest BCUT2D eigenvalue weighted by atomic mass is 9.80. The van der Waals surface area contributed by atoms with Crippen molar-refractivity contribution in [3.8, 4) is 6.07 Å². The third-order valence-electron chi connectivity index (χ3n) is 4.45. The molecular formula is C19H17FN2O. The third-order valence-corrected chi connectivity index (χ3v) is 4.45. The zero-order valence-electron chi connectivity index (χ0n) is 12.7. The number of hydrogen-bond donors (Lipinski definition) is 1. The van der Waals surface area contributed by atoms with Crippen molar-refractivity contribution in [2.24, 2.45) is 0 Å². The minimum Gasteiger partial charge on any atom is -0.322 e. The lowest BCUT2D eigenvalue weighted by molar-refractivity contribution is 0.102. The molecule has 0 bridgehead atoms. The third kappa shape index (κ3) is 3.09. The fourth-order valence-corrected chi connectivity index (χ4v) is 3.15. The molecule has 3 rings (SSSR count). The Morgan fingerprint density at radius 1 is 1.13 bits per heavy atom. The van der Waals surface area contributed by atoms with Crippen LogP contribution >= 0.6 is 0 Å². The molecule has 1 fully saturated rings. The monoisotopic (exact) mass is 308 g/mol. The Bertz CT molecular complexity index is 756. The van der Waals surface area contributed by atoms with E-state index in [-0.39, 0.29) is 16.9 Å². The summed E-state index contributed by atoms with van der Waals surface area (Å²) in [6, 6.07) is 15.4. The molecule has 0 aliphatic heterocycles. The molecule has 0 unspecified atom stereocenters. The maximum atomic E-state index is 13.2. The fraction of sp³-hybridized carbons (Fsp3) is 0.263. The molecule has 0 atom stereocenters. The SMILES string of the molecule is N#CC1(c2ccc(NC(=O)c3cccc(F)c3)cc2)CCCC1. The molecule has 0 aromatic heterocycles. The van der Waals surface area contributed by atoms with Crippen molar-refractivity contribution in [1.82, 2.24) is 0 Å². The van der Waals surface area contributed by atoms with Crippen LogP contribution in [0.1, 0.15) is 41.6 Å². The van der Waals surface area contributed by atoms with Gasteiger partial charge >= 0.3 is 0 Å². The summed E-state index contributed by atoms with van der Waals surface area (Å²) in [5, 5.41) is 12.2. The number of rotatable bonds is 3. The predicted octanol–water partition coefficient (Wildman–Crippen LogP) is 4.41. The molecule has 116 valence electrons. The van der Waals surface area contributed by atoms with Crippen molar-refractivity contribution in [3.63, 3.8) is 0 Å². The summed E-state index contributed by atoms with van der Waals surface area (Å²) in [5.41, 5.74) is 1.53. The van der Waals surface area contributed by atoms with E-state index in [9.17, 15) is 14.4 Å². The second-order valence-electron chi connectivity index (χ2n) is 5.94. The fourth-order valence-electron chi connectivity index (χ4n) is 3.15. The molecular weight excluding hydrogens is 291 g/mol. The number of hydrogen-bond acceptors (Lipinski definition) is 2. The molecule has 1 amide bonds. The average molecular weight is 308 g/mol. The molecule has 1 saturated carbocycles. The van der Waals surface area contributed by atoms with E-state index in [2.05, 4.69) is 11.4 Å². The van der Waals surface area contributed by atoms with Gasteiger partial charge in [0.25, 0.3) is 5.91 Å². The number of benzene rings is 2. The highest BCUT2D eigenvalue weighted by atomic mass is 19.1. The summed E-state index contributed by atoms with van der Waals surface area (Å²) < 4.78 is 13.2. The van der Waals surface area contributed by atoms with E-state index in [0.29, 0.717) is 5.69 Å². The lowest BCUT2D eigenvalue weighted by Gasteiger charge is -2.20. The lowest BCUT2D eigenvalue weighted by Crippen LogP contribution is -2.19. The number of nitriles is 1. The molecule has 1 aliphatic rings. The number of nitrogens with zero attached hydrogens (tertiary/aromatic N) is 1. The topological polar surface area (TPSA) is 52.9 Å². The highest BCUT2D eigenvalue weighted by Crippen LogP contribution is 2.40. The summed E-state index contributed by atoms with van der Waals surface area (Å²) in [6.07, 6.45) is 3.92. The van der Waals surface area contributed by atoms with Crippen LogP contribution in [0.15, 0.2) is 48.5 Å². The molecule has 2 aromatic carbocycles. The Labute approximate surface area is 134 Å². The first-order valence-corrected chi connectivity index (χ1v) is 7.72. The Morgan fingerprint density at radius 2 is 1.83 bits per heavy atom. The van der Waals surface area contributed by atoms with Crippen LogP contribution in [0.4, 0.5) is 10.1 Å². The molecule has 0 radical (unpaired) electrons. The van der Waals surface area contributed by atoms with Crippen LogP contribution in [-0.4, -0.2) is 5.91 Å². The maximum Gasteiger partial charge on any atom is 0.255 e. The van der Waals surface area contributed by atoms with E-state index in [1.54, 1.807) is 18.2 Å². The van der Waals surface area contributed by atoms with Gasteiger partial charge in [0.15, 0.2) is 0 Å². The number of carbonyl (C=O) groups is 1. The summed E-state index contributed by atoms with van der Waals surface area (Å²) in [7, 11) is 0. The van der Waals surface area contributed by atoms with Gasteiger partial charge in [-0.1, -0.05) is 31.0 Å². The number of carbonyl (C=O) groups excluding carboxylic acids is 1. The quantitative estimate of drug-likeness (QED) is 0.913. The van der Waals surface area contributed by atoms with Crippen LogP contribution in [0.25, 0.3) is 0 Å². The van der Waals surface area contributed by atoms with Crippen LogP contribution in [0.3, 0.4) is 0 Å². The molecule has 3 nitrogen and oxygen atoms in total. The molecule has 23 heavy (non-hydrogen) atoms. The van der Waals surface area contributed by atoms with E-state index in [1.165, 1.54) is 18.2 Å². The van der Waals surface area contributed by atoms with Gasteiger partial charge in [-0.15, -0.1) is 0 Å². The van der Waals surface area contributed by atoms with Gasteiger partial charge < -0.3 is 5.32 Å². The van der Waals surface area contributed by atoms with Crippen LogP contribution in [0.5, 0.6) is 0 Å². The van der Waals surface area contributed by atoms with Gasteiger partial charge in [-0.2, -0.15) is 5.26 Å². The number of nitrogens with one attached hydrogen (secondary N) is 1. The zero-order chi connectivity index (χ0) is 16.3. The second-order valence-corrected chi connectivity index (χ2v) is 5.94. The van der Waals surface area contributed by atoms with Crippen LogP contribution in [-0.2, 0) is 5.41 Å². The summed E-state index contributed by atoms with van der Waals surface area (Å²) in [5.74, 6) is -0.793. The first-order valence-electron chi connectivity index (χ1n) is 7.72. The maximum absolute atomic E-state index is 13.2. The number of anilines is 1. The van der Waals surface area contributed by atoms with Crippen molar-refractivity contribution < 1.29 is 9.18 Å². The Balaban J connectivity index is 1.75. The van der Waals surface area contributed by atoms with Gasteiger partial charge in [0.05, 0.1) is 11.5 Å². The highest BCUT2D eigenvalue weighted by Gasteiger charge is 2.35. The molecule has 4 heteroatoms. The van der Waals surface area contributed by atoms with Gasteiger partial charge in [-0.05, 0) is 48.7 Å². The van der Waals surface area contributed by atoms with Gasteiger partial charge in [-0.25, -0.2) is 4.39 Å². The van der Waals surface area contributed by atoms with Crippen molar-refractivity contribution in [2.75, 3.05) is 5.32 Å². The average Bonchev–Trinajstić information content (AvgIpc) is 3.06. The van der Waals surface area contributed by atoms with Crippen molar-refractivity contribution in [1.29, 1.82) is 5.26 Å². The standard InChI is InChI=1S/C19H17FN2O/c20-16-5-3-4-14(12-16)18(23)22-17-8-6-15(7-9-17)19(13-21)10-1-2-11-19/h3-9,12H,1-2,10-11H2,(H,22,23). The van der Waals surface area contributed by atoms with E-state index in [1.807, 2.05) is 12.1 Å². The van der Waals surface area contributed by atoms with Gasteiger partial charge in [-0.3, -0.25) is 4.79 Å². The van der Waals surface area contributed by atoms with Crippen molar-refractivity contribution in [3.05, 3.63) is 65.5 Å². The Hall–Kier alpha value is -2.67. The van der Waals surface area contributed by atoms with Gasteiger partial charge in [0.1, 0.15) is 5.82 Å². The van der Waals surface area contributed by atoms with E-state index in [0.717, 1.165) is 31.2 Å². The molecule has 0 saturated heterocycles. The van der Waals surface area contributed by atoms with Crippen molar-refractivity contribution in [2.45, 2.75) is 31.1 Å². The van der Waals surface area contributed by atoms with Gasteiger partial charge in [0, 0.05) is 11.3 Å². The van der Waals surface area contributed by atoms with Gasteiger partial charge in [0.2, 0.25) is 0 Å². The molecule has 2 aromatic rings. The zero-order valence-corrected chi connectivity index (χ0v) is 12.7. The minimum atomic E-state index is -0.440.